The van der Waals surface area contributed by atoms with Crippen LogP contribution in [0.3, 0.4) is 0 Å². The van der Waals surface area contributed by atoms with Crippen LogP contribution >= 0.6 is 0 Å². The van der Waals surface area contributed by atoms with Crippen molar-refractivity contribution in [3.05, 3.63) is 87.2 Å². The number of rotatable bonds is 9. The Morgan fingerprint density at radius 3 is 2.39 bits per heavy atom. The van der Waals surface area contributed by atoms with E-state index in [1.807, 2.05) is 6.92 Å². The van der Waals surface area contributed by atoms with Gasteiger partial charge in [-0.25, -0.2) is 18.9 Å². The molecule has 0 unspecified atom stereocenters. The Bertz CT molecular complexity index is 1710. The second-order valence-corrected chi connectivity index (χ2v) is 10.0. The van der Waals surface area contributed by atoms with Gasteiger partial charge in [-0.3, -0.25) is 14.1 Å². The number of hydrogen-bond donors (Lipinski definition) is 3. The molecule has 0 radical (unpaired) electrons. The number of carbonyl (C=O) groups is 2. The summed E-state index contributed by atoms with van der Waals surface area (Å²) in [5.74, 6) is -1.48. The molecule has 0 aliphatic carbocycles. The molecule has 0 atom stereocenters. The smallest absolute Gasteiger partial charge is 0.352 e. The first-order chi connectivity index (χ1) is 18.0. The molecule has 2 aromatic carbocycles. The van der Waals surface area contributed by atoms with E-state index in [0.717, 1.165) is 28.4 Å². The molecule has 38 heavy (non-hydrogen) atoms. The number of fused-ring (bicyclic) bond motifs is 1. The maximum atomic E-state index is 12.8. The first-order valence-corrected chi connectivity index (χ1v) is 13.1. The summed E-state index contributed by atoms with van der Waals surface area (Å²) in [6, 6.07) is 12.1. The Balaban J connectivity index is 1.65. The summed E-state index contributed by atoms with van der Waals surface area (Å²) in [6.07, 6.45) is 1.77. The predicted octanol–water partition coefficient (Wildman–Crippen LogP) is 2.33. The number of carboxylic acid groups (broad SMARTS) is 1. The molecule has 13 heteroatoms. The van der Waals surface area contributed by atoms with Gasteiger partial charge in [0.05, 0.1) is 5.56 Å². The van der Waals surface area contributed by atoms with E-state index in [0.29, 0.717) is 35.6 Å². The summed E-state index contributed by atoms with van der Waals surface area (Å²) in [5.41, 5.74) is 2.21. The number of nitrogens with zero attached hydrogens (tertiary/aromatic N) is 4. The lowest BCUT2D eigenvalue weighted by Crippen LogP contribution is -2.26. The molecule has 0 fully saturated rings. The Hall–Kier alpha value is -4.36. The van der Waals surface area contributed by atoms with Crippen LogP contribution < -0.4 is 11.0 Å². The van der Waals surface area contributed by atoms with Crippen LogP contribution in [0, 0.1) is 6.92 Å². The maximum Gasteiger partial charge on any atom is 0.352 e. The number of aryl methyl sites for hydroxylation is 2. The van der Waals surface area contributed by atoms with Gasteiger partial charge in [0.15, 0.2) is 5.65 Å². The van der Waals surface area contributed by atoms with Gasteiger partial charge in [0.25, 0.3) is 16.0 Å². The van der Waals surface area contributed by atoms with E-state index in [1.54, 1.807) is 31.2 Å². The van der Waals surface area contributed by atoms with Gasteiger partial charge in [-0.15, -0.1) is 5.10 Å². The van der Waals surface area contributed by atoms with E-state index in [-0.39, 0.29) is 5.56 Å². The fourth-order valence-corrected chi connectivity index (χ4v) is 4.87. The molecule has 12 nitrogen and oxygen atoms in total. The van der Waals surface area contributed by atoms with E-state index in [9.17, 15) is 27.4 Å². The molecule has 4 aromatic rings. The fraction of sp³-hybridized carbons (Fsp3) is 0.240. The number of carbonyl (C=O) groups excluding carboxylic acids is 1. The van der Waals surface area contributed by atoms with Crippen molar-refractivity contribution in [2.24, 2.45) is 0 Å². The standard InChI is InChI=1S/C25H25N5O7S/c1-3-6-20-19(23-28-29(14-22(31)32)25(34)30(23)15(2)26-20)13-16-9-11-17(12-10-16)27-24(33)18-7-4-5-8-21(18)38(35,36)37/h4-5,7-12H,3,6,13-14H2,1-2H3,(H,27,33)(H,31,32)(H,35,36,37). The average molecular weight is 540 g/mol. The highest BCUT2D eigenvalue weighted by molar-refractivity contribution is 7.86. The van der Waals surface area contributed by atoms with Gasteiger partial charge < -0.3 is 10.4 Å². The van der Waals surface area contributed by atoms with Crippen molar-refractivity contribution in [2.75, 3.05) is 5.32 Å². The van der Waals surface area contributed by atoms with E-state index >= 15 is 0 Å². The number of hydrogen-bond acceptors (Lipinski definition) is 7. The number of nitrogens with one attached hydrogen (secondary N) is 1. The fourth-order valence-electron chi connectivity index (χ4n) is 4.18. The highest BCUT2D eigenvalue weighted by atomic mass is 32.2. The number of aliphatic carboxylic acids is 1. The van der Waals surface area contributed by atoms with Gasteiger partial charge in [-0.2, -0.15) is 8.42 Å². The Morgan fingerprint density at radius 2 is 1.76 bits per heavy atom. The van der Waals surface area contributed by atoms with Crippen molar-refractivity contribution < 1.29 is 27.7 Å². The summed E-state index contributed by atoms with van der Waals surface area (Å²) in [6.45, 7) is 3.09. The molecule has 4 rings (SSSR count). The van der Waals surface area contributed by atoms with E-state index < -0.39 is 39.1 Å². The highest BCUT2D eigenvalue weighted by Gasteiger charge is 2.21. The molecular formula is C25H25N5O7S. The summed E-state index contributed by atoms with van der Waals surface area (Å²) in [4.78, 5) is 40.8. The molecular weight excluding hydrogens is 514 g/mol. The Morgan fingerprint density at radius 1 is 1.08 bits per heavy atom. The van der Waals surface area contributed by atoms with Gasteiger partial charge in [-0.1, -0.05) is 37.6 Å². The SMILES string of the molecule is CCCc1nc(C)n2c(=O)n(CC(=O)O)nc2c1Cc1ccc(NC(=O)c2ccccc2S(=O)(=O)O)cc1. The lowest BCUT2D eigenvalue weighted by molar-refractivity contribution is -0.137. The van der Waals surface area contributed by atoms with Gasteiger partial charge in [0.1, 0.15) is 17.3 Å². The molecule has 0 saturated heterocycles. The molecule has 2 aromatic heterocycles. The average Bonchev–Trinajstić information content (AvgIpc) is 3.18. The van der Waals surface area contributed by atoms with Crippen LogP contribution in [-0.4, -0.2) is 49.1 Å². The zero-order valence-electron chi connectivity index (χ0n) is 20.6. The van der Waals surface area contributed by atoms with Crippen LogP contribution in [0.25, 0.3) is 5.65 Å². The maximum absolute atomic E-state index is 12.8. The van der Waals surface area contributed by atoms with Gasteiger partial charge in [0, 0.05) is 23.4 Å². The van der Waals surface area contributed by atoms with Crippen molar-refractivity contribution in [3.8, 4) is 0 Å². The van der Waals surface area contributed by atoms with Crippen molar-refractivity contribution in [1.29, 1.82) is 0 Å². The number of amides is 1. The van der Waals surface area contributed by atoms with Crippen LogP contribution in [0.15, 0.2) is 58.2 Å². The normalized spacial score (nSPS) is 11.6. The number of aromatic nitrogens is 4. The van der Waals surface area contributed by atoms with Crippen molar-refractivity contribution in [3.63, 3.8) is 0 Å². The molecule has 0 aliphatic heterocycles. The molecule has 3 N–H and O–H groups in total. The summed E-state index contributed by atoms with van der Waals surface area (Å²) < 4.78 is 34.8. The minimum absolute atomic E-state index is 0.196. The topological polar surface area (TPSA) is 173 Å². The molecule has 198 valence electrons. The lowest BCUT2D eigenvalue weighted by atomic mass is 10.0. The molecule has 2 heterocycles. The van der Waals surface area contributed by atoms with E-state index in [2.05, 4.69) is 15.4 Å². The Labute approximate surface area is 217 Å². The predicted molar refractivity (Wildman–Crippen MR) is 137 cm³/mol. The van der Waals surface area contributed by atoms with Crippen molar-refractivity contribution in [2.45, 2.75) is 44.6 Å². The molecule has 0 aliphatic rings. The zero-order valence-corrected chi connectivity index (χ0v) is 21.4. The minimum atomic E-state index is -4.58. The number of anilines is 1. The lowest BCUT2D eigenvalue weighted by Gasteiger charge is -2.12. The van der Waals surface area contributed by atoms with Crippen LogP contribution in [0.1, 0.15) is 46.3 Å². The first kappa shape index (κ1) is 26.7. The second kappa shape index (κ2) is 10.6. The van der Waals surface area contributed by atoms with Gasteiger partial charge in [-0.05, 0) is 43.2 Å². The van der Waals surface area contributed by atoms with Crippen molar-refractivity contribution >= 4 is 33.3 Å². The first-order valence-electron chi connectivity index (χ1n) is 11.7. The highest BCUT2D eigenvalue weighted by Crippen LogP contribution is 2.22. The summed E-state index contributed by atoms with van der Waals surface area (Å²) in [5, 5.41) is 16.1. The molecule has 0 spiro atoms. The molecule has 1 amide bonds. The molecule has 0 saturated carbocycles. The molecule has 0 bridgehead atoms. The van der Waals surface area contributed by atoms with Crippen LogP contribution in [-0.2, 0) is 34.3 Å². The largest absolute Gasteiger partial charge is 0.480 e. The van der Waals surface area contributed by atoms with E-state index in [1.165, 1.54) is 22.6 Å². The summed E-state index contributed by atoms with van der Waals surface area (Å²) in [7, 11) is -4.58. The van der Waals surface area contributed by atoms with Crippen LogP contribution in [0.4, 0.5) is 5.69 Å². The Kier molecular flexibility index (Phi) is 7.41. The van der Waals surface area contributed by atoms with Gasteiger partial charge in [0.2, 0.25) is 0 Å². The summed E-state index contributed by atoms with van der Waals surface area (Å²) >= 11 is 0. The third-order valence-corrected chi connectivity index (χ3v) is 6.76. The third-order valence-electron chi connectivity index (χ3n) is 5.85. The third kappa shape index (κ3) is 5.48. The van der Waals surface area contributed by atoms with Crippen LogP contribution in [0.5, 0.6) is 0 Å². The van der Waals surface area contributed by atoms with Crippen LogP contribution in [0.2, 0.25) is 0 Å². The number of carboxylic acids is 1. The quantitative estimate of drug-likeness (QED) is 0.270. The van der Waals surface area contributed by atoms with Crippen molar-refractivity contribution in [1.82, 2.24) is 19.2 Å². The van der Waals surface area contributed by atoms with E-state index in [4.69, 9.17) is 5.11 Å². The monoisotopic (exact) mass is 539 g/mol. The number of benzene rings is 2. The minimum Gasteiger partial charge on any atom is -0.480 e. The van der Waals surface area contributed by atoms with Gasteiger partial charge >= 0.3 is 11.7 Å². The zero-order chi connectivity index (χ0) is 27.6. The second-order valence-electron chi connectivity index (χ2n) is 8.63.